The van der Waals surface area contributed by atoms with Crippen LogP contribution in [-0.4, -0.2) is 24.7 Å². The van der Waals surface area contributed by atoms with Gasteiger partial charge < -0.3 is 5.32 Å². The summed E-state index contributed by atoms with van der Waals surface area (Å²) in [5, 5.41) is 7.58. The number of hydrogen-bond acceptors (Lipinski definition) is 4. The second kappa shape index (κ2) is 7.98. The van der Waals surface area contributed by atoms with Crippen molar-refractivity contribution in [1.82, 2.24) is 24.1 Å². The summed E-state index contributed by atoms with van der Waals surface area (Å²) < 4.78 is 4.02. The SMILES string of the molecule is CC(C)Cn1c(=O)c2ccccc2n2c(=O)n(CC(=O)NCc3ccccc3)nc12. The van der Waals surface area contributed by atoms with E-state index in [4.69, 9.17) is 0 Å². The smallest absolute Gasteiger partial charge is 0.350 e. The van der Waals surface area contributed by atoms with Gasteiger partial charge in [-0.05, 0) is 23.6 Å². The minimum Gasteiger partial charge on any atom is -0.350 e. The molecule has 2 heterocycles. The predicted octanol–water partition coefficient (Wildman–Crippen LogP) is 1.78. The van der Waals surface area contributed by atoms with Crippen molar-refractivity contribution in [2.24, 2.45) is 5.92 Å². The maximum Gasteiger partial charge on any atom is 0.352 e. The van der Waals surface area contributed by atoms with E-state index in [1.54, 1.807) is 24.3 Å². The van der Waals surface area contributed by atoms with Gasteiger partial charge in [0.05, 0.1) is 10.9 Å². The molecule has 0 spiro atoms. The number of hydrogen-bond donors (Lipinski definition) is 1. The number of rotatable bonds is 6. The number of amides is 1. The summed E-state index contributed by atoms with van der Waals surface area (Å²) in [4.78, 5) is 38.5. The summed E-state index contributed by atoms with van der Waals surface area (Å²) in [6, 6.07) is 16.5. The zero-order valence-corrected chi connectivity index (χ0v) is 16.9. The predicted molar refractivity (Wildman–Crippen MR) is 114 cm³/mol. The van der Waals surface area contributed by atoms with Crippen LogP contribution in [0.2, 0.25) is 0 Å². The van der Waals surface area contributed by atoms with Gasteiger partial charge in [-0.2, -0.15) is 0 Å². The van der Waals surface area contributed by atoms with Gasteiger partial charge in [-0.15, -0.1) is 5.10 Å². The van der Waals surface area contributed by atoms with Crippen molar-refractivity contribution >= 4 is 22.6 Å². The fourth-order valence-corrected chi connectivity index (χ4v) is 3.49. The van der Waals surface area contributed by atoms with Crippen LogP contribution < -0.4 is 16.6 Å². The number of carbonyl (C=O) groups excluding carboxylic acids is 1. The van der Waals surface area contributed by atoms with E-state index in [1.807, 2.05) is 44.2 Å². The monoisotopic (exact) mass is 405 g/mol. The highest BCUT2D eigenvalue weighted by molar-refractivity contribution is 5.80. The highest BCUT2D eigenvalue weighted by atomic mass is 16.2. The number of nitrogens with one attached hydrogen (secondary N) is 1. The van der Waals surface area contributed by atoms with Crippen LogP contribution in [0.15, 0.2) is 64.2 Å². The molecule has 154 valence electrons. The van der Waals surface area contributed by atoms with E-state index < -0.39 is 5.69 Å². The highest BCUT2D eigenvalue weighted by Crippen LogP contribution is 2.12. The molecule has 0 aliphatic carbocycles. The van der Waals surface area contributed by atoms with Crippen molar-refractivity contribution in [2.75, 3.05) is 0 Å². The third kappa shape index (κ3) is 3.63. The molecule has 2 aromatic heterocycles. The molecule has 0 unspecified atom stereocenters. The molecule has 0 radical (unpaired) electrons. The first-order valence-corrected chi connectivity index (χ1v) is 9.87. The molecule has 0 saturated heterocycles. The van der Waals surface area contributed by atoms with Gasteiger partial charge in [-0.1, -0.05) is 56.3 Å². The van der Waals surface area contributed by atoms with E-state index in [1.165, 1.54) is 8.97 Å². The Hall–Kier alpha value is -3.68. The van der Waals surface area contributed by atoms with E-state index in [9.17, 15) is 14.4 Å². The lowest BCUT2D eigenvalue weighted by Crippen LogP contribution is -2.32. The first-order chi connectivity index (χ1) is 14.5. The Labute approximate surface area is 172 Å². The van der Waals surface area contributed by atoms with Crippen LogP contribution in [0.25, 0.3) is 16.7 Å². The van der Waals surface area contributed by atoms with Gasteiger partial charge in [-0.3, -0.25) is 14.2 Å². The Kier molecular flexibility index (Phi) is 5.22. The lowest BCUT2D eigenvalue weighted by atomic mass is 10.2. The van der Waals surface area contributed by atoms with E-state index in [2.05, 4.69) is 10.4 Å². The maximum absolute atomic E-state index is 13.1. The Morgan fingerprint density at radius 3 is 2.47 bits per heavy atom. The van der Waals surface area contributed by atoms with Crippen LogP contribution in [-0.2, 0) is 24.4 Å². The number of aromatic nitrogens is 4. The summed E-state index contributed by atoms with van der Waals surface area (Å²) in [6.45, 7) is 4.54. The summed E-state index contributed by atoms with van der Waals surface area (Å²) in [5.41, 5.74) is 0.800. The number of para-hydroxylation sites is 1. The topological polar surface area (TPSA) is 90.4 Å². The zero-order valence-electron chi connectivity index (χ0n) is 16.9. The Balaban J connectivity index is 1.74. The van der Waals surface area contributed by atoms with Crippen LogP contribution in [0.5, 0.6) is 0 Å². The van der Waals surface area contributed by atoms with Crippen LogP contribution in [0.1, 0.15) is 19.4 Å². The molecular weight excluding hydrogens is 382 g/mol. The number of fused-ring (bicyclic) bond motifs is 3. The zero-order chi connectivity index (χ0) is 21.3. The maximum atomic E-state index is 13.1. The van der Waals surface area contributed by atoms with Crippen molar-refractivity contribution in [3.05, 3.63) is 81.0 Å². The fourth-order valence-electron chi connectivity index (χ4n) is 3.49. The molecule has 30 heavy (non-hydrogen) atoms. The molecule has 4 rings (SSSR count). The second-order valence-corrected chi connectivity index (χ2v) is 7.66. The van der Waals surface area contributed by atoms with Gasteiger partial charge in [-0.25, -0.2) is 13.9 Å². The van der Waals surface area contributed by atoms with Gasteiger partial charge in [0.15, 0.2) is 0 Å². The number of carbonyl (C=O) groups is 1. The minimum atomic E-state index is -0.450. The molecule has 2 aromatic carbocycles. The quantitative estimate of drug-likeness (QED) is 0.530. The van der Waals surface area contributed by atoms with Crippen molar-refractivity contribution in [3.63, 3.8) is 0 Å². The average molecular weight is 405 g/mol. The fraction of sp³-hybridized carbons (Fsp3) is 0.273. The molecule has 0 aliphatic rings. The molecule has 0 bridgehead atoms. The van der Waals surface area contributed by atoms with Crippen molar-refractivity contribution in [3.8, 4) is 0 Å². The van der Waals surface area contributed by atoms with E-state index >= 15 is 0 Å². The lowest BCUT2D eigenvalue weighted by molar-refractivity contribution is -0.122. The number of nitrogens with zero attached hydrogens (tertiary/aromatic N) is 4. The lowest BCUT2D eigenvalue weighted by Gasteiger charge is -2.11. The molecule has 0 atom stereocenters. The first kappa shape index (κ1) is 19.6. The van der Waals surface area contributed by atoms with E-state index in [0.717, 1.165) is 10.2 Å². The molecule has 0 saturated carbocycles. The molecule has 1 N–H and O–H groups in total. The summed E-state index contributed by atoms with van der Waals surface area (Å²) in [7, 11) is 0. The molecule has 0 aliphatic heterocycles. The average Bonchev–Trinajstić information content (AvgIpc) is 3.06. The summed E-state index contributed by atoms with van der Waals surface area (Å²) >= 11 is 0. The number of benzene rings is 2. The molecular formula is C22H23N5O3. The summed E-state index contributed by atoms with van der Waals surface area (Å²) in [5.74, 6) is 0.0989. The van der Waals surface area contributed by atoms with Crippen LogP contribution >= 0.6 is 0 Å². The minimum absolute atomic E-state index is 0.182. The van der Waals surface area contributed by atoms with Gasteiger partial charge in [0.25, 0.3) is 5.56 Å². The van der Waals surface area contributed by atoms with Crippen LogP contribution in [0, 0.1) is 5.92 Å². The van der Waals surface area contributed by atoms with Gasteiger partial charge in [0.1, 0.15) is 6.54 Å². The molecule has 1 amide bonds. The Morgan fingerprint density at radius 2 is 1.73 bits per heavy atom. The molecule has 4 aromatic rings. The van der Waals surface area contributed by atoms with E-state index in [0.29, 0.717) is 24.0 Å². The Bertz CT molecular complexity index is 1330. The third-order valence-corrected chi connectivity index (χ3v) is 4.86. The summed E-state index contributed by atoms with van der Waals surface area (Å²) in [6.07, 6.45) is 0. The molecule has 0 fully saturated rings. The van der Waals surface area contributed by atoms with Crippen molar-refractivity contribution < 1.29 is 4.79 Å². The largest absolute Gasteiger partial charge is 0.352 e. The normalized spacial score (nSPS) is 11.4. The standard InChI is InChI=1S/C22H23N5O3/c1-15(2)13-25-20(29)17-10-6-7-11-18(17)27-21(25)24-26(22(27)30)14-19(28)23-12-16-8-4-3-5-9-16/h3-11,15H,12-14H2,1-2H3,(H,23,28). The van der Waals surface area contributed by atoms with Gasteiger partial charge >= 0.3 is 5.69 Å². The third-order valence-electron chi connectivity index (χ3n) is 4.86. The second-order valence-electron chi connectivity index (χ2n) is 7.66. The van der Waals surface area contributed by atoms with E-state index in [-0.39, 0.29) is 29.7 Å². The van der Waals surface area contributed by atoms with Gasteiger partial charge in [0.2, 0.25) is 11.7 Å². The van der Waals surface area contributed by atoms with Crippen LogP contribution in [0.3, 0.4) is 0 Å². The Morgan fingerprint density at radius 1 is 1.03 bits per heavy atom. The van der Waals surface area contributed by atoms with Gasteiger partial charge in [0, 0.05) is 13.1 Å². The highest BCUT2D eigenvalue weighted by Gasteiger charge is 2.19. The van der Waals surface area contributed by atoms with Crippen molar-refractivity contribution in [2.45, 2.75) is 33.5 Å². The van der Waals surface area contributed by atoms with Crippen molar-refractivity contribution in [1.29, 1.82) is 0 Å². The molecule has 8 heteroatoms. The first-order valence-electron chi connectivity index (χ1n) is 9.87. The molecule has 8 nitrogen and oxygen atoms in total. The van der Waals surface area contributed by atoms with Crippen LogP contribution in [0.4, 0.5) is 0 Å².